The quantitative estimate of drug-likeness (QED) is 0.494. The second-order valence-corrected chi connectivity index (χ2v) is 2.53. The summed E-state index contributed by atoms with van der Waals surface area (Å²) >= 11 is 0. The number of ether oxygens (including phenoxy) is 2. The van der Waals surface area contributed by atoms with E-state index in [0.29, 0.717) is 12.6 Å². The Kier molecular flexibility index (Phi) is 1.65. The molecule has 1 aliphatic rings. The van der Waals surface area contributed by atoms with Crippen LogP contribution in [-0.2, 0) is 9.47 Å². The Balaban J connectivity index is 2.58. The van der Waals surface area contributed by atoms with E-state index in [-0.39, 0.29) is 6.10 Å². The molecule has 52 valence electrons. The molecule has 2 heteroatoms. The molecule has 9 heavy (non-hydrogen) atoms. The highest BCUT2D eigenvalue weighted by molar-refractivity contribution is 4.98. The minimum Gasteiger partial charge on any atom is -0.462 e. The average molecular weight is 128 g/mol. The van der Waals surface area contributed by atoms with Crippen LogP contribution in [0.1, 0.15) is 20.8 Å². The van der Waals surface area contributed by atoms with Crippen molar-refractivity contribution in [3.05, 3.63) is 11.5 Å². The van der Waals surface area contributed by atoms with Crippen LogP contribution < -0.4 is 0 Å². The molecule has 0 bridgehead atoms. The van der Waals surface area contributed by atoms with Crippen molar-refractivity contribution < 1.29 is 9.47 Å². The third kappa shape index (κ3) is 1.37. The van der Waals surface area contributed by atoms with Crippen LogP contribution in [0.15, 0.2) is 11.5 Å². The second-order valence-electron chi connectivity index (χ2n) is 2.53. The largest absolute Gasteiger partial charge is 0.462 e. The summed E-state index contributed by atoms with van der Waals surface area (Å²) in [5.41, 5.74) is 1.11. The van der Waals surface area contributed by atoms with E-state index in [4.69, 9.17) is 9.47 Å². The van der Waals surface area contributed by atoms with Crippen LogP contribution in [0.3, 0.4) is 0 Å². The third-order valence-corrected chi connectivity index (χ3v) is 1.17. The molecule has 0 spiro atoms. The van der Waals surface area contributed by atoms with E-state index in [0.717, 1.165) is 5.57 Å². The van der Waals surface area contributed by atoms with Crippen molar-refractivity contribution >= 4 is 0 Å². The Labute approximate surface area is 55.5 Å². The van der Waals surface area contributed by atoms with Gasteiger partial charge in [-0.2, -0.15) is 0 Å². The minimum absolute atomic E-state index is 0.231. The van der Waals surface area contributed by atoms with Gasteiger partial charge < -0.3 is 9.47 Å². The lowest BCUT2D eigenvalue weighted by molar-refractivity contribution is 0.145. The lowest BCUT2D eigenvalue weighted by atomic mass is 10.4. The maximum atomic E-state index is 5.28. The fraction of sp³-hybridized carbons (Fsp3) is 0.714. The van der Waals surface area contributed by atoms with E-state index < -0.39 is 0 Å². The first-order chi connectivity index (χ1) is 4.20. The van der Waals surface area contributed by atoms with Crippen molar-refractivity contribution in [1.82, 2.24) is 0 Å². The Morgan fingerprint density at radius 3 is 2.44 bits per heavy atom. The first-order valence-electron chi connectivity index (χ1n) is 3.17. The highest BCUT2D eigenvalue weighted by Crippen LogP contribution is 2.17. The zero-order valence-electron chi connectivity index (χ0n) is 6.10. The van der Waals surface area contributed by atoms with E-state index in [2.05, 4.69) is 0 Å². The van der Waals surface area contributed by atoms with Crippen molar-refractivity contribution in [2.45, 2.75) is 26.9 Å². The highest BCUT2D eigenvalue weighted by Gasteiger charge is 2.17. The van der Waals surface area contributed by atoms with E-state index >= 15 is 0 Å². The Bertz CT molecular complexity index is 134. The summed E-state index contributed by atoms with van der Waals surface area (Å²) in [5, 5.41) is 0. The number of rotatable bonds is 0. The standard InChI is InChI=1S/C7H12O2/c1-5(2)7-8-4-6(3)9-7/h6H,4H2,1-3H3. The van der Waals surface area contributed by atoms with Gasteiger partial charge in [0, 0.05) is 5.57 Å². The monoisotopic (exact) mass is 128 g/mol. The molecule has 1 heterocycles. The lowest BCUT2D eigenvalue weighted by Crippen LogP contribution is -2.00. The summed E-state index contributed by atoms with van der Waals surface area (Å²) in [5.74, 6) is 0.711. The van der Waals surface area contributed by atoms with Gasteiger partial charge in [0.25, 0.3) is 5.95 Å². The Hall–Kier alpha value is -0.660. The molecule has 1 atom stereocenters. The van der Waals surface area contributed by atoms with Gasteiger partial charge in [-0.25, -0.2) is 0 Å². The molecule has 0 N–H and O–H groups in total. The van der Waals surface area contributed by atoms with Crippen molar-refractivity contribution in [3.63, 3.8) is 0 Å². The predicted octanol–water partition coefficient (Wildman–Crippen LogP) is 1.67. The molecule has 0 radical (unpaired) electrons. The van der Waals surface area contributed by atoms with E-state index in [1.807, 2.05) is 20.8 Å². The van der Waals surface area contributed by atoms with Gasteiger partial charge in [0.1, 0.15) is 12.7 Å². The number of hydrogen-bond acceptors (Lipinski definition) is 2. The SMILES string of the molecule is CC(C)=C1OCC(C)O1. The molecule has 2 nitrogen and oxygen atoms in total. The van der Waals surface area contributed by atoms with Gasteiger partial charge >= 0.3 is 0 Å². The second kappa shape index (κ2) is 2.29. The third-order valence-electron chi connectivity index (χ3n) is 1.17. The molecule has 1 unspecified atom stereocenters. The molecule has 1 fully saturated rings. The summed E-state index contributed by atoms with van der Waals surface area (Å²) in [6.07, 6.45) is 0.231. The average Bonchev–Trinajstić information content (AvgIpc) is 2.14. The van der Waals surface area contributed by atoms with Crippen LogP contribution in [0.4, 0.5) is 0 Å². The van der Waals surface area contributed by atoms with E-state index in [1.165, 1.54) is 0 Å². The molecule has 0 aromatic carbocycles. The van der Waals surface area contributed by atoms with E-state index in [9.17, 15) is 0 Å². The molecule has 1 aliphatic heterocycles. The van der Waals surface area contributed by atoms with Gasteiger partial charge in [0.15, 0.2) is 0 Å². The maximum absolute atomic E-state index is 5.28. The molecule has 1 saturated heterocycles. The van der Waals surface area contributed by atoms with Crippen LogP contribution in [-0.4, -0.2) is 12.7 Å². The zero-order chi connectivity index (χ0) is 6.85. The molecule has 1 rings (SSSR count). The topological polar surface area (TPSA) is 18.5 Å². The van der Waals surface area contributed by atoms with Crippen molar-refractivity contribution in [1.29, 1.82) is 0 Å². The fourth-order valence-electron chi connectivity index (χ4n) is 0.706. The fourth-order valence-corrected chi connectivity index (χ4v) is 0.706. The van der Waals surface area contributed by atoms with Crippen molar-refractivity contribution in [2.24, 2.45) is 0 Å². The summed E-state index contributed by atoms with van der Waals surface area (Å²) < 4.78 is 10.5. The molecular weight excluding hydrogens is 116 g/mol. The van der Waals surface area contributed by atoms with Gasteiger partial charge in [0.2, 0.25) is 0 Å². The van der Waals surface area contributed by atoms with Crippen LogP contribution in [0.2, 0.25) is 0 Å². The number of hydrogen-bond donors (Lipinski definition) is 0. The molecular formula is C7H12O2. The molecule has 0 aromatic heterocycles. The first-order valence-corrected chi connectivity index (χ1v) is 3.17. The Morgan fingerprint density at radius 2 is 2.22 bits per heavy atom. The van der Waals surface area contributed by atoms with Crippen LogP contribution in [0.5, 0.6) is 0 Å². The summed E-state index contributed by atoms with van der Waals surface area (Å²) in [4.78, 5) is 0. The van der Waals surface area contributed by atoms with Crippen molar-refractivity contribution in [2.75, 3.05) is 6.61 Å². The van der Waals surface area contributed by atoms with Crippen molar-refractivity contribution in [3.8, 4) is 0 Å². The smallest absolute Gasteiger partial charge is 0.278 e. The van der Waals surface area contributed by atoms with Gasteiger partial charge in [-0.3, -0.25) is 0 Å². The van der Waals surface area contributed by atoms with Crippen LogP contribution in [0.25, 0.3) is 0 Å². The highest BCUT2D eigenvalue weighted by atomic mass is 16.7. The Morgan fingerprint density at radius 1 is 1.56 bits per heavy atom. The first kappa shape index (κ1) is 6.46. The summed E-state index contributed by atoms with van der Waals surface area (Å²) in [6.45, 7) is 6.65. The van der Waals surface area contributed by atoms with Gasteiger partial charge in [-0.15, -0.1) is 0 Å². The minimum atomic E-state index is 0.231. The van der Waals surface area contributed by atoms with Gasteiger partial charge in [0.05, 0.1) is 0 Å². The zero-order valence-corrected chi connectivity index (χ0v) is 6.10. The van der Waals surface area contributed by atoms with Crippen LogP contribution in [0, 0.1) is 0 Å². The number of allylic oxidation sites excluding steroid dienone is 1. The van der Waals surface area contributed by atoms with Crippen LogP contribution >= 0.6 is 0 Å². The predicted molar refractivity (Wildman–Crippen MR) is 34.9 cm³/mol. The van der Waals surface area contributed by atoms with E-state index in [1.54, 1.807) is 0 Å². The molecule has 0 saturated carbocycles. The van der Waals surface area contributed by atoms with Gasteiger partial charge in [-0.05, 0) is 20.8 Å². The summed E-state index contributed by atoms with van der Waals surface area (Å²) in [6, 6.07) is 0. The molecule has 0 aliphatic carbocycles. The normalized spacial score (nSPS) is 25.2. The van der Waals surface area contributed by atoms with Gasteiger partial charge in [-0.1, -0.05) is 0 Å². The lowest BCUT2D eigenvalue weighted by Gasteiger charge is -1.99. The maximum Gasteiger partial charge on any atom is 0.278 e. The summed E-state index contributed by atoms with van der Waals surface area (Å²) in [7, 11) is 0. The molecule has 0 amide bonds. The molecule has 0 aromatic rings.